The smallest absolute Gasteiger partial charge is 0.262 e. The Labute approximate surface area is 233 Å². The van der Waals surface area contributed by atoms with E-state index in [1.807, 2.05) is 29.8 Å². The van der Waals surface area contributed by atoms with Crippen molar-refractivity contribution in [2.45, 2.75) is 51.5 Å². The third-order valence-corrected chi connectivity index (χ3v) is 7.62. The Kier molecular flexibility index (Phi) is 8.93. The summed E-state index contributed by atoms with van der Waals surface area (Å²) in [5, 5.41) is 53.9. The van der Waals surface area contributed by atoms with E-state index in [0.29, 0.717) is 11.3 Å². The van der Waals surface area contributed by atoms with Crippen LogP contribution in [-0.4, -0.2) is 81.2 Å². The number of aromatic nitrogens is 1. The number of nitrogens with zero attached hydrogens (tertiary/aromatic N) is 3. The van der Waals surface area contributed by atoms with Crippen LogP contribution in [0.4, 0.5) is 5.69 Å². The van der Waals surface area contributed by atoms with Gasteiger partial charge < -0.3 is 39.9 Å². The summed E-state index contributed by atoms with van der Waals surface area (Å²) in [6, 6.07) is 18.4. The summed E-state index contributed by atoms with van der Waals surface area (Å²) in [4.78, 5) is 15.2. The second-order valence-corrected chi connectivity index (χ2v) is 9.94. The zero-order valence-electron chi connectivity index (χ0n) is 23.1. The number of fused-ring (bicyclic) bond motifs is 1. The molecule has 1 aliphatic rings. The van der Waals surface area contributed by atoms with Gasteiger partial charge in [-0.25, -0.2) is 0 Å². The van der Waals surface area contributed by atoms with Gasteiger partial charge in [0.2, 0.25) is 0 Å². The topological polar surface area (TPSA) is 151 Å². The molecule has 3 aromatic rings. The second kappa shape index (κ2) is 12.2. The maximum atomic E-state index is 12.9. The van der Waals surface area contributed by atoms with Crippen molar-refractivity contribution < 1.29 is 30.0 Å². The summed E-state index contributed by atoms with van der Waals surface area (Å²) in [6.45, 7) is 7.55. The molecule has 1 aromatic heterocycles. The third-order valence-electron chi connectivity index (χ3n) is 7.62. The van der Waals surface area contributed by atoms with E-state index in [0.717, 1.165) is 35.1 Å². The van der Waals surface area contributed by atoms with E-state index in [1.54, 1.807) is 6.92 Å². The van der Waals surface area contributed by atoms with Crippen LogP contribution >= 0.6 is 0 Å². The van der Waals surface area contributed by atoms with E-state index in [1.165, 1.54) is 5.69 Å². The van der Waals surface area contributed by atoms with Gasteiger partial charge in [0.05, 0.1) is 0 Å². The zero-order chi connectivity index (χ0) is 29.1. The molecule has 10 heteroatoms. The number of hydrogen-bond acceptors (Lipinski definition) is 8. The van der Waals surface area contributed by atoms with Gasteiger partial charge in [0, 0.05) is 43.8 Å². The Morgan fingerprint density at radius 1 is 1.00 bits per heavy atom. The Balaban J connectivity index is 1.55. The number of carbonyl (C=O) groups is 1. The molecule has 0 radical (unpaired) electrons. The number of allylic oxidation sites excluding steroid dienone is 1. The molecule has 212 valence electrons. The largest absolute Gasteiger partial charge is 0.388 e. The summed E-state index contributed by atoms with van der Waals surface area (Å²) >= 11 is 0. The van der Waals surface area contributed by atoms with Crippen molar-refractivity contribution in [1.82, 2.24) is 9.88 Å². The third kappa shape index (κ3) is 5.61. The first-order valence-corrected chi connectivity index (χ1v) is 13.3. The number of nitriles is 1. The molecule has 0 spiro atoms. The van der Waals surface area contributed by atoms with Crippen molar-refractivity contribution in [2.24, 2.45) is 7.05 Å². The highest BCUT2D eigenvalue weighted by molar-refractivity contribution is 6.04. The average Bonchev–Trinajstić information content (AvgIpc) is 3.34. The molecule has 0 aliphatic carbocycles. The number of aliphatic hydroxyl groups excluding tert-OH is 4. The van der Waals surface area contributed by atoms with Crippen LogP contribution in [0.15, 0.2) is 54.1 Å². The SMILES string of the molecule is CCN(CC)c1ccc2cc(-c3ccc(/C(C)=C(\C#N)C(=O)NC[C@H]4OC(O)[C@H](O)[C@@H](O)[C@@H]4O)n3C)ccc2c1. The molecule has 0 saturated carbocycles. The van der Waals surface area contributed by atoms with Gasteiger partial charge in [-0.1, -0.05) is 18.2 Å². The highest BCUT2D eigenvalue weighted by Crippen LogP contribution is 2.31. The molecular formula is C30H36N4O6. The number of aliphatic hydroxyl groups is 4. The van der Waals surface area contributed by atoms with Crippen LogP contribution in [-0.2, 0) is 16.6 Å². The highest BCUT2D eigenvalue weighted by atomic mass is 16.6. The average molecular weight is 549 g/mol. The van der Waals surface area contributed by atoms with Gasteiger partial charge in [-0.3, -0.25) is 4.79 Å². The molecule has 1 aliphatic heterocycles. The van der Waals surface area contributed by atoms with Crippen LogP contribution < -0.4 is 10.2 Å². The fourth-order valence-electron chi connectivity index (χ4n) is 5.17. The molecular weight excluding hydrogens is 512 g/mol. The van der Waals surface area contributed by atoms with Crippen molar-refractivity contribution in [3.8, 4) is 17.3 Å². The molecule has 5 atom stereocenters. The van der Waals surface area contributed by atoms with E-state index in [4.69, 9.17) is 4.74 Å². The lowest BCUT2D eigenvalue weighted by Gasteiger charge is -2.38. The van der Waals surface area contributed by atoms with Gasteiger partial charge in [0.15, 0.2) is 6.29 Å². The number of amides is 1. The standard InChI is InChI=1S/C30H36N4O6/c1-5-34(6-2)21-10-9-18-13-20(8-7-19(18)14-21)24-12-11-23(33(24)4)17(3)22(15-31)29(38)32-16-25-26(35)27(36)28(37)30(39)40-25/h7-14,25-28,30,35-37,39H,5-6,16H2,1-4H3,(H,32,38)/b22-17+/t25-,26-,27+,28-,30?/m1/s1. The van der Waals surface area contributed by atoms with Gasteiger partial charge in [-0.05, 0) is 73.0 Å². The fraction of sp³-hybridized carbons (Fsp3) is 0.400. The molecule has 1 fully saturated rings. The normalized spacial score (nSPS) is 23.4. The molecule has 5 N–H and O–H groups in total. The second-order valence-electron chi connectivity index (χ2n) is 9.94. The monoisotopic (exact) mass is 548 g/mol. The number of anilines is 1. The zero-order valence-corrected chi connectivity index (χ0v) is 23.1. The van der Waals surface area contributed by atoms with Crippen molar-refractivity contribution in [2.75, 3.05) is 24.5 Å². The van der Waals surface area contributed by atoms with E-state index in [-0.39, 0.29) is 12.1 Å². The number of benzene rings is 2. The first-order chi connectivity index (χ1) is 19.1. The maximum Gasteiger partial charge on any atom is 0.262 e. The number of rotatable bonds is 8. The number of ether oxygens (including phenoxy) is 1. The molecule has 1 amide bonds. The Bertz CT molecular complexity index is 1450. The summed E-state index contributed by atoms with van der Waals surface area (Å²) in [5.41, 5.74) is 4.11. The minimum Gasteiger partial charge on any atom is -0.388 e. The van der Waals surface area contributed by atoms with Gasteiger partial charge in [-0.15, -0.1) is 0 Å². The molecule has 40 heavy (non-hydrogen) atoms. The summed E-state index contributed by atoms with van der Waals surface area (Å²) in [7, 11) is 1.87. The molecule has 2 aromatic carbocycles. The minimum absolute atomic E-state index is 0.123. The van der Waals surface area contributed by atoms with Crippen LogP contribution in [0.25, 0.3) is 27.6 Å². The minimum atomic E-state index is -1.71. The maximum absolute atomic E-state index is 12.9. The molecule has 4 rings (SSSR count). The van der Waals surface area contributed by atoms with Crippen molar-refractivity contribution in [3.63, 3.8) is 0 Å². The lowest BCUT2D eigenvalue weighted by molar-refractivity contribution is -0.280. The molecule has 2 heterocycles. The van der Waals surface area contributed by atoms with Crippen molar-refractivity contribution in [1.29, 1.82) is 5.26 Å². The number of hydrogen-bond donors (Lipinski definition) is 5. The molecule has 0 bridgehead atoms. The van der Waals surface area contributed by atoms with Gasteiger partial charge in [0.25, 0.3) is 5.91 Å². The van der Waals surface area contributed by atoms with Crippen LogP contribution in [0.1, 0.15) is 26.5 Å². The van der Waals surface area contributed by atoms with Crippen LogP contribution in [0.3, 0.4) is 0 Å². The van der Waals surface area contributed by atoms with Gasteiger partial charge in [0.1, 0.15) is 36.1 Å². The van der Waals surface area contributed by atoms with E-state index >= 15 is 0 Å². The summed E-state index contributed by atoms with van der Waals surface area (Å²) < 4.78 is 7.02. The van der Waals surface area contributed by atoms with E-state index in [9.17, 15) is 30.5 Å². The first-order valence-electron chi connectivity index (χ1n) is 13.3. The lowest BCUT2D eigenvalue weighted by atomic mass is 9.98. The molecule has 1 unspecified atom stereocenters. The lowest BCUT2D eigenvalue weighted by Crippen LogP contribution is -2.60. The predicted molar refractivity (Wildman–Crippen MR) is 152 cm³/mol. The molecule has 10 nitrogen and oxygen atoms in total. The highest BCUT2D eigenvalue weighted by Gasteiger charge is 2.43. The van der Waals surface area contributed by atoms with E-state index in [2.05, 4.69) is 60.5 Å². The van der Waals surface area contributed by atoms with Crippen LogP contribution in [0.5, 0.6) is 0 Å². The Morgan fingerprint density at radius 3 is 2.35 bits per heavy atom. The van der Waals surface area contributed by atoms with Gasteiger partial charge >= 0.3 is 0 Å². The van der Waals surface area contributed by atoms with Crippen LogP contribution in [0, 0.1) is 11.3 Å². The van der Waals surface area contributed by atoms with Crippen molar-refractivity contribution >= 4 is 27.9 Å². The van der Waals surface area contributed by atoms with Gasteiger partial charge in [-0.2, -0.15) is 5.26 Å². The molecule has 1 saturated heterocycles. The first kappa shape index (κ1) is 29.3. The number of carbonyl (C=O) groups excluding carboxylic acids is 1. The Morgan fingerprint density at radius 2 is 1.68 bits per heavy atom. The number of nitrogens with one attached hydrogen (secondary N) is 1. The quantitative estimate of drug-likeness (QED) is 0.212. The summed E-state index contributed by atoms with van der Waals surface area (Å²) in [6.07, 6.45) is -7.72. The van der Waals surface area contributed by atoms with Crippen molar-refractivity contribution in [3.05, 3.63) is 59.8 Å². The van der Waals surface area contributed by atoms with Crippen LogP contribution in [0.2, 0.25) is 0 Å². The Hall–Kier alpha value is -3.72. The van der Waals surface area contributed by atoms with E-state index < -0.39 is 36.6 Å². The fourth-order valence-corrected chi connectivity index (χ4v) is 5.17. The summed E-state index contributed by atoms with van der Waals surface area (Å²) in [5.74, 6) is -0.691. The predicted octanol–water partition coefficient (Wildman–Crippen LogP) is 1.90.